The summed E-state index contributed by atoms with van der Waals surface area (Å²) in [5, 5.41) is 7.72. The fourth-order valence-corrected chi connectivity index (χ4v) is 4.12. The molecule has 3 aromatic carbocycles. The molecule has 0 spiro atoms. The van der Waals surface area contributed by atoms with Gasteiger partial charge >= 0.3 is 0 Å². The molecule has 0 radical (unpaired) electrons. The molecule has 6 heteroatoms. The topological polar surface area (TPSA) is 43.3 Å². The molecule has 3 aromatic rings. The van der Waals surface area contributed by atoms with Gasteiger partial charge in [-0.15, -0.1) is 0 Å². The van der Waals surface area contributed by atoms with Crippen molar-refractivity contribution < 1.29 is 14.2 Å². The maximum atomic E-state index is 6.39. The van der Waals surface area contributed by atoms with Crippen molar-refractivity contribution >= 4 is 17.3 Å². The molecule has 0 aliphatic carbocycles. The highest BCUT2D eigenvalue weighted by Crippen LogP contribution is 2.48. The molecule has 0 amide bonds. The van der Waals surface area contributed by atoms with E-state index in [9.17, 15) is 0 Å². The Labute approximate surface area is 180 Å². The van der Waals surface area contributed by atoms with Crippen LogP contribution in [-0.4, -0.2) is 24.9 Å². The lowest BCUT2D eigenvalue weighted by atomic mass is 9.95. The Balaban J connectivity index is 1.57. The predicted molar refractivity (Wildman–Crippen MR) is 117 cm³/mol. The van der Waals surface area contributed by atoms with Crippen LogP contribution in [0.4, 0.5) is 0 Å². The SMILES string of the molecule is COc1ccc(C2=NN3C(C2)c2cc(OC)ccc2OC3c2ccc(Cl)cc2)cc1. The van der Waals surface area contributed by atoms with Crippen LogP contribution in [0.1, 0.15) is 35.4 Å². The first kappa shape index (κ1) is 18.8. The molecule has 5 nitrogen and oxygen atoms in total. The van der Waals surface area contributed by atoms with Gasteiger partial charge in [0.2, 0.25) is 6.23 Å². The van der Waals surface area contributed by atoms with Gasteiger partial charge in [-0.25, -0.2) is 5.01 Å². The quantitative estimate of drug-likeness (QED) is 0.551. The highest BCUT2D eigenvalue weighted by molar-refractivity contribution is 6.30. The lowest BCUT2D eigenvalue weighted by molar-refractivity contribution is -0.0191. The third-order valence-electron chi connectivity index (χ3n) is 5.58. The maximum Gasteiger partial charge on any atom is 0.213 e. The molecule has 2 aliphatic rings. The minimum Gasteiger partial charge on any atom is -0.497 e. The second-order valence-electron chi connectivity index (χ2n) is 7.30. The van der Waals surface area contributed by atoms with Gasteiger partial charge in [0, 0.05) is 22.6 Å². The van der Waals surface area contributed by atoms with Crippen LogP contribution in [0, 0.1) is 0 Å². The molecule has 0 saturated carbocycles. The van der Waals surface area contributed by atoms with Crippen molar-refractivity contribution in [3.05, 3.63) is 88.4 Å². The van der Waals surface area contributed by atoms with Gasteiger partial charge in [-0.1, -0.05) is 23.7 Å². The van der Waals surface area contributed by atoms with Crippen molar-refractivity contribution in [1.29, 1.82) is 0 Å². The van der Waals surface area contributed by atoms with Gasteiger partial charge in [0.05, 0.1) is 26.0 Å². The van der Waals surface area contributed by atoms with Crippen LogP contribution >= 0.6 is 11.6 Å². The zero-order valence-electron chi connectivity index (χ0n) is 16.7. The van der Waals surface area contributed by atoms with Crippen LogP contribution in [0.5, 0.6) is 17.2 Å². The number of methoxy groups -OCH3 is 2. The second-order valence-corrected chi connectivity index (χ2v) is 7.74. The molecule has 152 valence electrons. The average Bonchev–Trinajstić information content (AvgIpc) is 3.24. The number of nitrogens with zero attached hydrogens (tertiary/aromatic N) is 2. The number of fused-ring (bicyclic) bond motifs is 3. The molecule has 2 aliphatic heterocycles. The first-order valence-electron chi connectivity index (χ1n) is 9.76. The summed E-state index contributed by atoms with van der Waals surface area (Å²) in [6.45, 7) is 0. The van der Waals surface area contributed by atoms with E-state index in [-0.39, 0.29) is 12.3 Å². The van der Waals surface area contributed by atoms with E-state index in [0.717, 1.165) is 46.1 Å². The summed E-state index contributed by atoms with van der Waals surface area (Å²) in [5.41, 5.74) is 4.17. The average molecular weight is 421 g/mol. The van der Waals surface area contributed by atoms with Crippen molar-refractivity contribution in [1.82, 2.24) is 5.01 Å². The molecule has 2 unspecified atom stereocenters. The van der Waals surface area contributed by atoms with E-state index in [1.54, 1.807) is 14.2 Å². The summed E-state index contributed by atoms with van der Waals surface area (Å²) in [5.74, 6) is 2.48. The van der Waals surface area contributed by atoms with E-state index in [4.69, 9.17) is 30.9 Å². The fourth-order valence-electron chi connectivity index (χ4n) is 4.00. The number of rotatable bonds is 4. The van der Waals surface area contributed by atoms with Crippen molar-refractivity contribution in [3.63, 3.8) is 0 Å². The van der Waals surface area contributed by atoms with Gasteiger partial charge in [-0.05, 0) is 60.2 Å². The molecule has 0 bridgehead atoms. The summed E-state index contributed by atoms with van der Waals surface area (Å²) in [6, 6.07) is 21.7. The fraction of sp³-hybridized carbons (Fsp3) is 0.208. The van der Waals surface area contributed by atoms with Gasteiger partial charge < -0.3 is 14.2 Å². The minimum absolute atomic E-state index is 0.0571. The van der Waals surface area contributed by atoms with Crippen molar-refractivity contribution in [2.45, 2.75) is 18.7 Å². The van der Waals surface area contributed by atoms with Crippen molar-refractivity contribution in [3.8, 4) is 17.2 Å². The Morgan fingerprint density at radius 1 is 0.933 bits per heavy atom. The molecule has 0 N–H and O–H groups in total. The van der Waals surface area contributed by atoms with Crippen LogP contribution in [0.2, 0.25) is 5.02 Å². The normalized spacial score (nSPS) is 19.4. The van der Waals surface area contributed by atoms with Gasteiger partial charge in [-0.2, -0.15) is 5.10 Å². The number of benzene rings is 3. The number of hydrazone groups is 1. The van der Waals surface area contributed by atoms with Gasteiger partial charge in [0.1, 0.15) is 17.2 Å². The zero-order chi connectivity index (χ0) is 20.7. The lowest BCUT2D eigenvalue weighted by Crippen LogP contribution is -2.33. The molecule has 0 aromatic heterocycles. The first-order valence-corrected chi connectivity index (χ1v) is 10.1. The maximum absolute atomic E-state index is 6.39. The Bertz CT molecular complexity index is 1100. The third kappa shape index (κ3) is 3.25. The second kappa shape index (κ2) is 7.58. The minimum atomic E-state index is -0.330. The predicted octanol–water partition coefficient (Wildman–Crippen LogP) is 5.60. The molecule has 2 atom stereocenters. The van der Waals surface area contributed by atoms with E-state index < -0.39 is 0 Å². The van der Waals surface area contributed by atoms with Crippen LogP contribution in [0.25, 0.3) is 0 Å². The Hall–Kier alpha value is -3.18. The first-order chi connectivity index (χ1) is 14.7. The molecule has 2 heterocycles. The molecule has 0 saturated heterocycles. The third-order valence-corrected chi connectivity index (χ3v) is 5.83. The lowest BCUT2D eigenvalue weighted by Gasteiger charge is -2.38. The Morgan fingerprint density at radius 2 is 1.63 bits per heavy atom. The molecule has 30 heavy (non-hydrogen) atoms. The van der Waals surface area contributed by atoms with Crippen LogP contribution in [-0.2, 0) is 0 Å². The molecule has 0 fully saturated rings. The van der Waals surface area contributed by atoms with E-state index >= 15 is 0 Å². The summed E-state index contributed by atoms with van der Waals surface area (Å²) >= 11 is 6.10. The summed E-state index contributed by atoms with van der Waals surface area (Å²) in [7, 11) is 3.34. The van der Waals surface area contributed by atoms with Gasteiger partial charge in [0.25, 0.3) is 0 Å². The van der Waals surface area contributed by atoms with E-state index in [2.05, 4.69) is 0 Å². The summed E-state index contributed by atoms with van der Waals surface area (Å²) < 4.78 is 17.1. The number of hydrogen-bond acceptors (Lipinski definition) is 5. The molecule has 5 rings (SSSR count). The van der Waals surface area contributed by atoms with E-state index in [1.807, 2.05) is 71.7 Å². The van der Waals surface area contributed by atoms with Crippen LogP contribution < -0.4 is 14.2 Å². The van der Waals surface area contributed by atoms with Crippen LogP contribution in [0.3, 0.4) is 0 Å². The smallest absolute Gasteiger partial charge is 0.213 e. The summed E-state index contributed by atoms with van der Waals surface area (Å²) in [4.78, 5) is 0. The molecular formula is C24H21ClN2O3. The largest absolute Gasteiger partial charge is 0.497 e. The highest BCUT2D eigenvalue weighted by atomic mass is 35.5. The van der Waals surface area contributed by atoms with Gasteiger partial charge in [-0.3, -0.25) is 0 Å². The summed E-state index contributed by atoms with van der Waals surface area (Å²) in [6.07, 6.45) is 0.448. The molecular weight excluding hydrogens is 400 g/mol. The number of ether oxygens (including phenoxy) is 3. The standard InChI is InChI=1S/C24H21ClN2O3/c1-28-18-9-5-15(6-10-18)21-14-22-20-13-19(29-2)11-12-23(20)30-24(27(22)26-21)16-3-7-17(25)8-4-16/h3-13,22,24H,14H2,1-2H3. The number of halogens is 1. The van der Waals surface area contributed by atoms with Crippen molar-refractivity contribution in [2.24, 2.45) is 5.10 Å². The zero-order valence-corrected chi connectivity index (χ0v) is 17.5. The Kier molecular flexibility index (Phi) is 4.75. The van der Waals surface area contributed by atoms with E-state index in [1.165, 1.54) is 0 Å². The van der Waals surface area contributed by atoms with E-state index in [0.29, 0.717) is 5.02 Å². The van der Waals surface area contributed by atoms with Crippen molar-refractivity contribution in [2.75, 3.05) is 14.2 Å². The monoisotopic (exact) mass is 420 g/mol. The van der Waals surface area contributed by atoms with Crippen LogP contribution in [0.15, 0.2) is 71.8 Å². The highest BCUT2D eigenvalue weighted by Gasteiger charge is 2.41. The Morgan fingerprint density at radius 3 is 2.33 bits per heavy atom. The van der Waals surface area contributed by atoms with Gasteiger partial charge in [0.15, 0.2) is 0 Å². The number of hydrogen-bond donors (Lipinski definition) is 0.